The Balaban J connectivity index is 2.47. The van der Waals surface area contributed by atoms with Gasteiger partial charge in [-0.15, -0.1) is 0 Å². The Bertz CT molecular complexity index is 531. The lowest BCUT2D eigenvalue weighted by Gasteiger charge is -2.07. The molecule has 17 heavy (non-hydrogen) atoms. The van der Waals surface area contributed by atoms with Crippen molar-refractivity contribution in [2.45, 2.75) is 20.4 Å². The van der Waals surface area contributed by atoms with Crippen LogP contribution in [-0.2, 0) is 6.54 Å². The number of halogens is 1. The molecule has 0 bridgehead atoms. The van der Waals surface area contributed by atoms with Gasteiger partial charge >= 0.3 is 0 Å². The van der Waals surface area contributed by atoms with E-state index in [9.17, 15) is 4.39 Å². The molecule has 3 nitrogen and oxygen atoms in total. The highest BCUT2D eigenvalue weighted by molar-refractivity contribution is 5.61. The van der Waals surface area contributed by atoms with E-state index in [-0.39, 0.29) is 5.82 Å². The summed E-state index contributed by atoms with van der Waals surface area (Å²) in [4.78, 5) is 0. The van der Waals surface area contributed by atoms with Gasteiger partial charge in [-0.1, -0.05) is 0 Å². The third-order valence-electron chi connectivity index (χ3n) is 2.70. The molecule has 0 amide bonds. The molecule has 0 spiro atoms. The average Bonchev–Trinajstić information content (AvgIpc) is 2.64. The third kappa shape index (κ3) is 2.36. The second-order valence-corrected chi connectivity index (χ2v) is 4.15. The van der Waals surface area contributed by atoms with Gasteiger partial charge in [-0.05, 0) is 43.7 Å². The summed E-state index contributed by atoms with van der Waals surface area (Å²) >= 11 is 0. The van der Waals surface area contributed by atoms with Crippen LogP contribution in [0.1, 0.15) is 11.3 Å². The van der Waals surface area contributed by atoms with Crippen LogP contribution in [0.15, 0.2) is 24.3 Å². The fourth-order valence-electron chi connectivity index (χ4n) is 1.87. The molecule has 2 aromatic rings. The second kappa shape index (κ2) is 4.67. The lowest BCUT2D eigenvalue weighted by Crippen LogP contribution is -2.12. The van der Waals surface area contributed by atoms with Crippen molar-refractivity contribution < 1.29 is 4.39 Å². The second-order valence-electron chi connectivity index (χ2n) is 4.15. The van der Waals surface area contributed by atoms with Crippen LogP contribution in [0.2, 0.25) is 0 Å². The highest BCUT2D eigenvalue weighted by Crippen LogP contribution is 2.22. The largest absolute Gasteiger partial charge is 0.329 e. The van der Waals surface area contributed by atoms with E-state index < -0.39 is 0 Å². The van der Waals surface area contributed by atoms with Gasteiger partial charge in [-0.25, -0.2) is 4.39 Å². The predicted molar refractivity (Wildman–Crippen MR) is 66.1 cm³/mol. The van der Waals surface area contributed by atoms with Crippen LogP contribution in [-0.4, -0.2) is 16.3 Å². The molecule has 0 fully saturated rings. The van der Waals surface area contributed by atoms with E-state index in [4.69, 9.17) is 5.73 Å². The summed E-state index contributed by atoms with van der Waals surface area (Å²) in [5, 5.41) is 4.37. The molecule has 0 unspecified atom stereocenters. The Morgan fingerprint density at radius 1 is 1.29 bits per heavy atom. The maximum Gasteiger partial charge on any atom is 0.126 e. The summed E-state index contributed by atoms with van der Waals surface area (Å²) in [5.41, 5.74) is 9.08. The minimum atomic E-state index is -0.185. The summed E-state index contributed by atoms with van der Waals surface area (Å²) in [6.07, 6.45) is 0. The van der Waals surface area contributed by atoms with Gasteiger partial charge in [-0.2, -0.15) is 5.10 Å². The fraction of sp³-hybridized carbons (Fsp3) is 0.308. The molecule has 1 heterocycles. The van der Waals surface area contributed by atoms with E-state index in [2.05, 4.69) is 5.10 Å². The highest BCUT2D eigenvalue weighted by Gasteiger charge is 2.08. The molecule has 0 radical (unpaired) electrons. The molecule has 0 atom stereocenters. The molecule has 2 N–H and O–H groups in total. The summed E-state index contributed by atoms with van der Waals surface area (Å²) in [5.74, 6) is -0.185. The first-order valence-electron chi connectivity index (χ1n) is 5.63. The van der Waals surface area contributed by atoms with Crippen molar-refractivity contribution in [3.8, 4) is 11.3 Å². The quantitative estimate of drug-likeness (QED) is 0.883. The molecule has 0 aliphatic rings. The van der Waals surface area contributed by atoms with Crippen molar-refractivity contribution in [1.29, 1.82) is 0 Å². The zero-order valence-electron chi connectivity index (χ0n) is 10.1. The van der Waals surface area contributed by atoms with Gasteiger partial charge < -0.3 is 5.73 Å². The van der Waals surface area contributed by atoms with Gasteiger partial charge in [-0.3, -0.25) is 4.68 Å². The van der Waals surface area contributed by atoms with Gasteiger partial charge in [0, 0.05) is 12.1 Å². The number of nitrogens with two attached hydrogens (primary N) is 1. The number of benzene rings is 1. The maximum absolute atomic E-state index is 13.2. The molecular formula is C13H16FN3. The highest BCUT2D eigenvalue weighted by atomic mass is 19.1. The first-order valence-corrected chi connectivity index (χ1v) is 5.63. The Labute approximate surface area is 100 Å². The molecule has 0 aliphatic carbocycles. The van der Waals surface area contributed by atoms with Crippen LogP contribution >= 0.6 is 0 Å². The summed E-state index contributed by atoms with van der Waals surface area (Å²) in [6, 6.07) is 7.08. The zero-order chi connectivity index (χ0) is 12.4. The van der Waals surface area contributed by atoms with Gasteiger partial charge in [0.05, 0.1) is 17.9 Å². The number of hydrogen-bond acceptors (Lipinski definition) is 2. The molecule has 1 aromatic heterocycles. The van der Waals surface area contributed by atoms with Crippen molar-refractivity contribution in [1.82, 2.24) is 9.78 Å². The fourth-order valence-corrected chi connectivity index (χ4v) is 1.87. The molecule has 0 aliphatic heterocycles. The van der Waals surface area contributed by atoms with Gasteiger partial charge in [0.1, 0.15) is 5.82 Å². The molecule has 4 heteroatoms. The maximum atomic E-state index is 13.2. The molecule has 2 rings (SSSR count). The Morgan fingerprint density at radius 3 is 2.71 bits per heavy atom. The Kier molecular flexibility index (Phi) is 3.24. The zero-order valence-corrected chi connectivity index (χ0v) is 10.1. The van der Waals surface area contributed by atoms with E-state index in [0.717, 1.165) is 17.0 Å². The average molecular weight is 233 g/mol. The molecule has 0 saturated carbocycles. The van der Waals surface area contributed by atoms with Crippen LogP contribution in [0.5, 0.6) is 0 Å². The number of aromatic nitrogens is 2. The number of nitrogens with zero attached hydrogens (tertiary/aromatic N) is 2. The number of rotatable bonds is 3. The molecule has 0 saturated heterocycles. The molecule has 90 valence electrons. The predicted octanol–water partition coefficient (Wildman–Crippen LogP) is 2.26. The minimum absolute atomic E-state index is 0.185. The van der Waals surface area contributed by atoms with E-state index in [0.29, 0.717) is 18.7 Å². The van der Waals surface area contributed by atoms with Crippen molar-refractivity contribution in [2.24, 2.45) is 5.73 Å². The van der Waals surface area contributed by atoms with E-state index in [1.807, 2.05) is 23.7 Å². The van der Waals surface area contributed by atoms with Gasteiger partial charge in [0.15, 0.2) is 0 Å². The standard InChI is InChI=1S/C13H16FN3/c1-9-7-11(3-4-12(9)14)13-8-10(2)16-17(13)6-5-15/h3-4,7-8H,5-6,15H2,1-2H3. The smallest absolute Gasteiger partial charge is 0.126 e. The van der Waals surface area contributed by atoms with Crippen molar-refractivity contribution >= 4 is 0 Å². The number of hydrogen-bond donors (Lipinski definition) is 1. The normalized spacial score (nSPS) is 10.8. The first kappa shape index (κ1) is 11.8. The van der Waals surface area contributed by atoms with Crippen molar-refractivity contribution in [3.63, 3.8) is 0 Å². The monoisotopic (exact) mass is 233 g/mol. The van der Waals surface area contributed by atoms with Gasteiger partial charge in [0.2, 0.25) is 0 Å². The van der Waals surface area contributed by atoms with Crippen LogP contribution in [0.25, 0.3) is 11.3 Å². The summed E-state index contributed by atoms with van der Waals surface area (Å²) in [7, 11) is 0. The lowest BCUT2D eigenvalue weighted by atomic mass is 10.1. The SMILES string of the molecule is Cc1cc(-c2ccc(F)c(C)c2)n(CCN)n1. The topological polar surface area (TPSA) is 43.8 Å². The van der Waals surface area contributed by atoms with Crippen LogP contribution in [0, 0.1) is 19.7 Å². The van der Waals surface area contributed by atoms with Crippen LogP contribution in [0.3, 0.4) is 0 Å². The van der Waals surface area contributed by atoms with Crippen LogP contribution in [0.4, 0.5) is 4.39 Å². The number of aryl methyl sites for hydroxylation is 2. The summed E-state index contributed by atoms with van der Waals surface area (Å²) in [6.45, 7) is 4.90. The van der Waals surface area contributed by atoms with Gasteiger partial charge in [0.25, 0.3) is 0 Å². The summed E-state index contributed by atoms with van der Waals surface area (Å²) < 4.78 is 15.1. The van der Waals surface area contributed by atoms with Crippen molar-refractivity contribution in [2.75, 3.05) is 6.54 Å². The van der Waals surface area contributed by atoms with E-state index >= 15 is 0 Å². The van der Waals surface area contributed by atoms with Crippen molar-refractivity contribution in [3.05, 3.63) is 41.3 Å². The Morgan fingerprint density at radius 2 is 2.06 bits per heavy atom. The third-order valence-corrected chi connectivity index (χ3v) is 2.70. The lowest BCUT2D eigenvalue weighted by molar-refractivity contribution is 0.616. The van der Waals surface area contributed by atoms with Crippen LogP contribution < -0.4 is 5.73 Å². The first-order chi connectivity index (χ1) is 8.11. The Hall–Kier alpha value is -1.68. The minimum Gasteiger partial charge on any atom is -0.329 e. The molecule has 1 aromatic carbocycles. The van der Waals surface area contributed by atoms with E-state index in [1.54, 1.807) is 13.0 Å². The van der Waals surface area contributed by atoms with E-state index in [1.165, 1.54) is 6.07 Å². The molecular weight excluding hydrogens is 217 g/mol.